The molecule has 2 rings (SSSR count). The van der Waals surface area contributed by atoms with Crippen LogP contribution in [0.1, 0.15) is 33.1 Å². The molecule has 1 atom stereocenters. The third-order valence-electron chi connectivity index (χ3n) is 3.89. The van der Waals surface area contributed by atoms with Crippen LogP contribution in [0.3, 0.4) is 0 Å². The van der Waals surface area contributed by atoms with Gasteiger partial charge in [-0.1, -0.05) is 38.8 Å². The van der Waals surface area contributed by atoms with Crippen molar-refractivity contribution in [1.82, 2.24) is 25.7 Å². The standard InChI is InChI=1S/C17H24N6O3/c1-12(2)6-5-7-13(10-23(26)11-24)16(25)20-22-17-18-14-8-3-4-9-15(14)19-21-17/h3-4,8-9,11-13,26H,5-7,10H2,1-2H3,(H,20,25)(H,18,21,22)/t13-/m1/s1. The van der Waals surface area contributed by atoms with E-state index in [4.69, 9.17) is 0 Å². The number of hydrazine groups is 1. The van der Waals surface area contributed by atoms with E-state index in [1.54, 1.807) is 12.1 Å². The zero-order valence-corrected chi connectivity index (χ0v) is 14.9. The van der Waals surface area contributed by atoms with Crippen molar-refractivity contribution >= 4 is 29.3 Å². The minimum Gasteiger partial charge on any atom is -0.286 e. The molecule has 26 heavy (non-hydrogen) atoms. The van der Waals surface area contributed by atoms with Crippen LogP contribution >= 0.6 is 0 Å². The van der Waals surface area contributed by atoms with Gasteiger partial charge < -0.3 is 0 Å². The summed E-state index contributed by atoms with van der Waals surface area (Å²) < 4.78 is 0. The van der Waals surface area contributed by atoms with Crippen molar-refractivity contribution in [3.8, 4) is 0 Å². The van der Waals surface area contributed by atoms with Crippen LogP contribution in [0, 0.1) is 11.8 Å². The van der Waals surface area contributed by atoms with E-state index in [2.05, 4.69) is 39.9 Å². The van der Waals surface area contributed by atoms with Crippen LogP contribution in [0.15, 0.2) is 24.3 Å². The maximum absolute atomic E-state index is 12.4. The highest BCUT2D eigenvalue weighted by atomic mass is 16.5. The molecule has 0 saturated heterocycles. The molecule has 0 aliphatic carbocycles. The topological polar surface area (TPSA) is 120 Å². The normalized spacial score (nSPS) is 12.0. The lowest BCUT2D eigenvalue weighted by Crippen LogP contribution is -2.40. The smallest absolute Gasteiger partial charge is 0.262 e. The van der Waals surface area contributed by atoms with Crippen LogP contribution < -0.4 is 10.9 Å². The maximum atomic E-state index is 12.4. The van der Waals surface area contributed by atoms with Crippen LogP contribution in [-0.4, -0.2) is 44.3 Å². The molecule has 1 aromatic heterocycles. The molecule has 0 radical (unpaired) electrons. The van der Waals surface area contributed by atoms with Crippen molar-refractivity contribution < 1.29 is 14.8 Å². The third kappa shape index (κ3) is 5.92. The average Bonchev–Trinajstić information content (AvgIpc) is 2.64. The van der Waals surface area contributed by atoms with Crippen molar-refractivity contribution in [2.75, 3.05) is 12.0 Å². The third-order valence-corrected chi connectivity index (χ3v) is 3.89. The molecule has 2 amide bonds. The van der Waals surface area contributed by atoms with Crippen LogP contribution in [0.25, 0.3) is 11.0 Å². The molecule has 9 heteroatoms. The summed E-state index contributed by atoms with van der Waals surface area (Å²) in [7, 11) is 0. The Balaban J connectivity index is 1.96. The van der Waals surface area contributed by atoms with Gasteiger partial charge in [-0.3, -0.25) is 25.6 Å². The Hall–Kier alpha value is -2.81. The highest BCUT2D eigenvalue weighted by Gasteiger charge is 2.21. The number of anilines is 1. The molecule has 140 valence electrons. The number of benzene rings is 1. The van der Waals surface area contributed by atoms with E-state index < -0.39 is 5.92 Å². The number of hydrogen-bond acceptors (Lipinski definition) is 7. The van der Waals surface area contributed by atoms with Gasteiger partial charge >= 0.3 is 0 Å². The molecule has 0 spiro atoms. The predicted octanol–water partition coefficient (Wildman–Crippen LogP) is 1.76. The molecular weight excluding hydrogens is 336 g/mol. The van der Waals surface area contributed by atoms with Gasteiger partial charge in [0.1, 0.15) is 5.52 Å². The fraction of sp³-hybridized carbons (Fsp3) is 0.471. The highest BCUT2D eigenvalue weighted by molar-refractivity contribution is 5.80. The monoisotopic (exact) mass is 360 g/mol. The molecule has 1 aromatic carbocycles. The second-order valence-corrected chi connectivity index (χ2v) is 6.49. The average molecular weight is 360 g/mol. The van der Waals surface area contributed by atoms with Gasteiger partial charge in [-0.25, -0.2) is 10.0 Å². The zero-order chi connectivity index (χ0) is 18.9. The Kier molecular flexibility index (Phi) is 7.22. The first-order valence-electron chi connectivity index (χ1n) is 8.55. The molecule has 3 N–H and O–H groups in total. The minimum absolute atomic E-state index is 0.0774. The first kappa shape index (κ1) is 19.5. The van der Waals surface area contributed by atoms with E-state index in [1.807, 2.05) is 12.1 Å². The number of hydroxylamine groups is 2. The Morgan fingerprint density at radius 1 is 1.23 bits per heavy atom. The molecule has 0 aliphatic rings. The number of aromatic nitrogens is 3. The van der Waals surface area contributed by atoms with Crippen LogP contribution in [0.4, 0.5) is 5.95 Å². The second kappa shape index (κ2) is 9.62. The molecule has 1 heterocycles. The lowest BCUT2D eigenvalue weighted by Gasteiger charge is -2.20. The molecule has 0 aliphatic heterocycles. The second-order valence-electron chi connectivity index (χ2n) is 6.49. The SMILES string of the molecule is CC(C)CCC[C@H](CN(O)C=O)C(=O)NNc1nnc2ccccc2n1. The summed E-state index contributed by atoms with van der Waals surface area (Å²) in [6, 6.07) is 7.25. The van der Waals surface area contributed by atoms with Gasteiger partial charge in [0.2, 0.25) is 12.3 Å². The van der Waals surface area contributed by atoms with Crippen LogP contribution in [0.2, 0.25) is 0 Å². The Labute approximate surface area is 151 Å². The van der Waals surface area contributed by atoms with Gasteiger partial charge in [0.15, 0.2) is 0 Å². The number of carbonyl (C=O) groups excluding carboxylic acids is 2. The molecule has 0 bridgehead atoms. The van der Waals surface area contributed by atoms with Crippen molar-refractivity contribution in [3.05, 3.63) is 24.3 Å². The van der Waals surface area contributed by atoms with Crippen molar-refractivity contribution in [2.45, 2.75) is 33.1 Å². The van der Waals surface area contributed by atoms with E-state index in [0.29, 0.717) is 28.4 Å². The van der Waals surface area contributed by atoms with Crippen molar-refractivity contribution in [3.63, 3.8) is 0 Å². The first-order valence-corrected chi connectivity index (χ1v) is 8.55. The molecule has 0 fully saturated rings. The molecule has 0 unspecified atom stereocenters. The molecule has 2 aromatic rings. The van der Waals surface area contributed by atoms with E-state index in [0.717, 1.165) is 12.8 Å². The largest absolute Gasteiger partial charge is 0.286 e. The van der Waals surface area contributed by atoms with E-state index >= 15 is 0 Å². The van der Waals surface area contributed by atoms with E-state index in [-0.39, 0.29) is 24.8 Å². The summed E-state index contributed by atoms with van der Waals surface area (Å²) in [6.45, 7) is 4.13. The summed E-state index contributed by atoms with van der Waals surface area (Å²) in [4.78, 5) is 27.3. The summed E-state index contributed by atoms with van der Waals surface area (Å²) in [5.41, 5.74) is 6.46. The van der Waals surface area contributed by atoms with Gasteiger partial charge in [0.25, 0.3) is 5.95 Å². The number of nitrogens with zero attached hydrogens (tertiary/aromatic N) is 4. The number of amides is 2. The molecule has 0 saturated carbocycles. The number of carbonyl (C=O) groups is 2. The maximum Gasteiger partial charge on any atom is 0.262 e. The number of hydrogen-bond donors (Lipinski definition) is 3. The van der Waals surface area contributed by atoms with Gasteiger partial charge in [-0.2, -0.15) is 0 Å². The Bertz CT molecular complexity index is 739. The van der Waals surface area contributed by atoms with Gasteiger partial charge in [-0.05, 0) is 24.5 Å². The first-order chi connectivity index (χ1) is 12.5. The van der Waals surface area contributed by atoms with Gasteiger partial charge in [0, 0.05) is 0 Å². The summed E-state index contributed by atoms with van der Waals surface area (Å²) in [5, 5.41) is 17.8. The number of rotatable bonds is 10. The zero-order valence-electron chi connectivity index (χ0n) is 14.9. The van der Waals surface area contributed by atoms with Crippen LogP contribution in [-0.2, 0) is 9.59 Å². The van der Waals surface area contributed by atoms with E-state index in [9.17, 15) is 14.8 Å². The van der Waals surface area contributed by atoms with Gasteiger partial charge in [0.05, 0.1) is 18.0 Å². The Morgan fingerprint density at radius 3 is 2.65 bits per heavy atom. The van der Waals surface area contributed by atoms with Crippen molar-refractivity contribution in [2.24, 2.45) is 11.8 Å². The summed E-state index contributed by atoms with van der Waals surface area (Å²) >= 11 is 0. The number of fused-ring (bicyclic) bond motifs is 1. The van der Waals surface area contributed by atoms with E-state index in [1.165, 1.54) is 0 Å². The number of nitrogens with one attached hydrogen (secondary N) is 2. The lowest BCUT2D eigenvalue weighted by atomic mass is 9.97. The quantitative estimate of drug-likeness (QED) is 0.335. The lowest BCUT2D eigenvalue weighted by molar-refractivity contribution is -0.154. The molecular formula is C17H24N6O3. The van der Waals surface area contributed by atoms with Crippen LogP contribution in [0.5, 0.6) is 0 Å². The fourth-order valence-corrected chi connectivity index (χ4v) is 2.50. The molecule has 9 nitrogen and oxygen atoms in total. The van der Waals surface area contributed by atoms with Crippen molar-refractivity contribution in [1.29, 1.82) is 0 Å². The summed E-state index contributed by atoms with van der Waals surface area (Å²) in [6.07, 6.45) is 2.61. The fourth-order valence-electron chi connectivity index (χ4n) is 2.50. The predicted molar refractivity (Wildman–Crippen MR) is 95.8 cm³/mol. The Morgan fingerprint density at radius 2 is 1.96 bits per heavy atom. The minimum atomic E-state index is -0.551. The summed E-state index contributed by atoms with van der Waals surface area (Å²) in [5.74, 6) is -0.226. The highest BCUT2D eigenvalue weighted by Crippen LogP contribution is 2.14. The van der Waals surface area contributed by atoms with Gasteiger partial charge in [-0.15, -0.1) is 10.2 Å². The number of para-hydroxylation sites is 1.